The van der Waals surface area contributed by atoms with Gasteiger partial charge in [0.2, 0.25) is 23.7 Å². The Morgan fingerprint density at radius 2 is 1.67 bits per heavy atom. The predicted molar refractivity (Wildman–Crippen MR) is 287 cm³/mol. The van der Waals surface area contributed by atoms with Crippen LogP contribution in [-0.2, 0) is 50.0 Å². The smallest absolute Gasteiger partial charge is 0.246 e. The molecule has 16 nitrogen and oxygen atoms in total. The van der Waals surface area contributed by atoms with Crippen molar-refractivity contribution in [1.82, 2.24) is 36.1 Å². The zero-order valence-corrected chi connectivity index (χ0v) is 44.9. The van der Waals surface area contributed by atoms with Crippen LogP contribution in [-0.4, -0.2) is 98.2 Å². The van der Waals surface area contributed by atoms with Crippen molar-refractivity contribution in [3.63, 3.8) is 0 Å². The van der Waals surface area contributed by atoms with Crippen LogP contribution in [0, 0.1) is 12.3 Å². The van der Waals surface area contributed by atoms with E-state index in [1.54, 1.807) is 64.1 Å². The van der Waals surface area contributed by atoms with E-state index in [1.165, 1.54) is 11.8 Å². The Labute approximate surface area is 435 Å². The van der Waals surface area contributed by atoms with Gasteiger partial charge in [0.05, 0.1) is 46.9 Å². The molecule has 2 aliphatic rings. The van der Waals surface area contributed by atoms with Crippen LogP contribution in [0.15, 0.2) is 90.0 Å². The number of ether oxygens (including phenoxy) is 2. The third-order valence-corrected chi connectivity index (χ3v) is 16.1. The number of halogens is 1. The molecule has 2 heterocycles. The number of benzene rings is 4. The number of amides is 3. The Balaban J connectivity index is 0.977. The number of nitrogens with one attached hydrogen (secondary N) is 6. The van der Waals surface area contributed by atoms with Crippen LogP contribution in [0.3, 0.4) is 0 Å². The second kappa shape index (κ2) is 23.7. The van der Waals surface area contributed by atoms with E-state index < -0.39 is 38.6 Å². The summed E-state index contributed by atoms with van der Waals surface area (Å²) in [6.07, 6.45) is 5.21. The molecule has 390 valence electrons. The second-order valence-electron chi connectivity index (χ2n) is 20.1. The fourth-order valence-corrected chi connectivity index (χ4v) is 10.5. The highest BCUT2D eigenvalue weighted by Crippen LogP contribution is 2.36. The van der Waals surface area contributed by atoms with E-state index in [0.717, 1.165) is 47.1 Å². The van der Waals surface area contributed by atoms with E-state index in [2.05, 4.69) is 54.0 Å². The number of nitrogens with zero attached hydrogens (tertiary/aromatic N) is 3. The van der Waals surface area contributed by atoms with Crippen molar-refractivity contribution in [2.75, 3.05) is 44.5 Å². The van der Waals surface area contributed by atoms with Crippen LogP contribution in [0.25, 0.3) is 0 Å². The number of carbonyl (C=O) groups is 3. The van der Waals surface area contributed by atoms with E-state index in [0.29, 0.717) is 55.4 Å². The van der Waals surface area contributed by atoms with Crippen molar-refractivity contribution >= 4 is 62.3 Å². The van der Waals surface area contributed by atoms with Gasteiger partial charge in [-0.25, -0.2) is 13.4 Å². The quantitative estimate of drug-likeness (QED) is 0.0411. The number of sulfone groups is 1. The van der Waals surface area contributed by atoms with Gasteiger partial charge in [-0.2, -0.15) is 4.98 Å². The number of likely N-dealkylation sites (N-methyl/N-ethyl adjacent to an activating group) is 1. The lowest BCUT2D eigenvalue weighted by molar-refractivity contribution is -0.147. The molecule has 6 N–H and O–H groups in total. The van der Waals surface area contributed by atoms with Crippen molar-refractivity contribution in [1.29, 1.82) is 0 Å². The van der Waals surface area contributed by atoms with Crippen molar-refractivity contribution in [3.8, 4) is 11.5 Å². The monoisotopic (exact) mass is 1040 g/mol. The molecule has 3 amide bonds. The zero-order valence-electron chi connectivity index (χ0n) is 43.3. The summed E-state index contributed by atoms with van der Waals surface area (Å²) >= 11 is 6.49. The highest BCUT2D eigenvalue weighted by atomic mass is 35.5. The normalized spacial score (nSPS) is 16.4. The molecule has 1 aliphatic carbocycles. The van der Waals surface area contributed by atoms with Crippen LogP contribution in [0.5, 0.6) is 11.5 Å². The molecule has 18 heteroatoms. The maximum absolute atomic E-state index is 14.8. The zero-order chi connectivity index (χ0) is 52.6. The highest BCUT2D eigenvalue weighted by molar-refractivity contribution is 7.92. The molecule has 0 saturated heterocycles. The first-order chi connectivity index (χ1) is 34.8. The van der Waals surface area contributed by atoms with Crippen LogP contribution in [0.2, 0.25) is 5.02 Å². The van der Waals surface area contributed by atoms with E-state index in [-0.39, 0.29) is 52.0 Å². The minimum atomic E-state index is -3.59. The SMILES string of the molecule is CN[C@@H](C)C(=O)N[C@H](C(=O)N1Cc2cc(OCCNCCc3cc(OC)c(Nc4ncc(Cl)c(Nc5ccccc5S(=O)(=O)C(C)C)n4)cc3C)ccc2C[C@H]1C(=O)N[C@@H]1CCCc2ccccc21)C(C)(C)C. The summed E-state index contributed by atoms with van der Waals surface area (Å²) in [6, 6.07) is 22.3. The lowest BCUT2D eigenvalue weighted by Gasteiger charge is -2.41. The van der Waals surface area contributed by atoms with Gasteiger partial charge in [0.15, 0.2) is 15.7 Å². The number of methoxy groups -OCH3 is 1. The number of aromatic nitrogens is 2. The molecule has 4 aromatic carbocycles. The van der Waals surface area contributed by atoms with Gasteiger partial charge in [0.25, 0.3) is 0 Å². The van der Waals surface area contributed by atoms with Crippen molar-refractivity contribution in [2.24, 2.45) is 5.41 Å². The number of rotatable bonds is 20. The molecule has 1 aromatic heterocycles. The molecule has 4 atom stereocenters. The molecular formula is C55H70ClN9O7S. The molecule has 0 bridgehead atoms. The fraction of sp³-hybridized carbons (Fsp3) is 0.436. The Bertz CT molecular complexity index is 2910. The second-order valence-corrected chi connectivity index (χ2v) is 23.0. The van der Waals surface area contributed by atoms with Crippen LogP contribution in [0.1, 0.15) is 93.8 Å². The van der Waals surface area contributed by atoms with Crippen molar-refractivity contribution < 1.29 is 32.3 Å². The van der Waals surface area contributed by atoms with E-state index in [9.17, 15) is 22.8 Å². The Kier molecular flexibility index (Phi) is 17.7. The van der Waals surface area contributed by atoms with E-state index in [1.807, 2.05) is 70.2 Å². The van der Waals surface area contributed by atoms with Gasteiger partial charge in [-0.15, -0.1) is 0 Å². The molecule has 0 saturated carbocycles. The third-order valence-electron chi connectivity index (χ3n) is 13.6. The largest absolute Gasteiger partial charge is 0.495 e. The van der Waals surface area contributed by atoms with Crippen molar-refractivity contribution in [3.05, 3.63) is 123 Å². The molecule has 0 unspecified atom stereocenters. The van der Waals surface area contributed by atoms with Crippen LogP contribution >= 0.6 is 11.6 Å². The molecule has 5 aromatic rings. The topological polar surface area (TPSA) is 205 Å². The third kappa shape index (κ3) is 13.1. The summed E-state index contributed by atoms with van der Waals surface area (Å²) in [7, 11) is -0.301. The van der Waals surface area contributed by atoms with Gasteiger partial charge in [-0.1, -0.05) is 74.8 Å². The lowest BCUT2D eigenvalue weighted by atomic mass is 9.83. The summed E-state index contributed by atoms with van der Waals surface area (Å²) in [5, 5.41) is 18.7. The molecule has 0 spiro atoms. The number of aryl methyl sites for hydroxylation is 2. The van der Waals surface area contributed by atoms with Crippen molar-refractivity contribution in [2.45, 2.75) is 121 Å². The van der Waals surface area contributed by atoms with Crippen LogP contribution in [0.4, 0.5) is 23.1 Å². The first-order valence-corrected chi connectivity index (χ1v) is 26.9. The fourth-order valence-electron chi connectivity index (χ4n) is 9.19. The Morgan fingerprint density at radius 3 is 2.41 bits per heavy atom. The minimum absolute atomic E-state index is 0.149. The maximum atomic E-state index is 14.8. The molecular weight excluding hydrogens is 966 g/mol. The molecule has 1 aliphatic heterocycles. The predicted octanol–water partition coefficient (Wildman–Crippen LogP) is 7.91. The molecule has 73 heavy (non-hydrogen) atoms. The maximum Gasteiger partial charge on any atom is 0.246 e. The number of anilines is 4. The first-order valence-electron chi connectivity index (χ1n) is 25.0. The Hall–Kier alpha value is -6.27. The summed E-state index contributed by atoms with van der Waals surface area (Å²) in [6.45, 7) is 14.6. The summed E-state index contributed by atoms with van der Waals surface area (Å²) in [5.74, 6) is 0.885. The summed E-state index contributed by atoms with van der Waals surface area (Å²) < 4.78 is 38.2. The average Bonchev–Trinajstić information content (AvgIpc) is 3.36. The number of hydrogen-bond acceptors (Lipinski definition) is 13. The van der Waals surface area contributed by atoms with Gasteiger partial charge in [0, 0.05) is 19.5 Å². The van der Waals surface area contributed by atoms with E-state index in [4.69, 9.17) is 21.1 Å². The molecule has 0 radical (unpaired) electrons. The lowest BCUT2D eigenvalue weighted by Crippen LogP contribution is -2.62. The summed E-state index contributed by atoms with van der Waals surface area (Å²) in [5.41, 5.74) is 6.64. The van der Waals surface area contributed by atoms with Gasteiger partial charge in [0.1, 0.15) is 35.2 Å². The van der Waals surface area contributed by atoms with Crippen LogP contribution < -0.4 is 41.4 Å². The molecule has 0 fully saturated rings. The standard InChI is InChI=1S/C55H70ClN9O7S/c1-33(2)73(69,70)48-20-13-12-18-44(48)60-50-42(56)31-59-54(64-50)62-45-27-34(3)37(30-47(45)71-9)23-24-58-25-26-72-40-22-21-38-29-46(52(67)61-43-19-14-16-36-15-10-11-17-41(36)43)65(32-39(38)28-40)53(68)49(55(5,6)7)63-51(66)35(4)57-8/h10-13,15,17-18,20-22,27-28,30-31,33,35,43,46,49,57-58H,14,16,19,23-26,29,32H2,1-9H3,(H,61,67)(H,63,66)(H2,59,60,62,64)/t35-,43+,46-,49+/m0/s1. The van der Waals surface area contributed by atoms with E-state index >= 15 is 0 Å². The number of hydrogen-bond donors (Lipinski definition) is 6. The number of carbonyl (C=O) groups excluding carboxylic acids is 3. The Morgan fingerprint density at radius 1 is 0.918 bits per heavy atom. The van der Waals surface area contributed by atoms with Gasteiger partial charge in [-0.05, 0) is 142 Å². The summed E-state index contributed by atoms with van der Waals surface area (Å²) in [4.78, 5) is 53.1. The van der Waals surface area contributed by atoms with Gasteiger partial charge >= 0.3 is 0 Å². The number of para-hydroxylation sites is 1. The molecule has 7 rings (SSSR count). The number of fused-ring (bicyclic) bond motifs is 2. The first kappa shape index (κ1) is 54.5. The van der Waals surface area contributed by atoms with Gasteiger partial charge in [-0.3, -0.25) is 14.4 Å². The highest BCUT2D eigenvalue weighted by Gasteiger charge is 2.43. The van der Waals surface area contributed by atoms with Gasteiger partial charge < -0.3 is 46.3 Å². The average molecular weight is 1040 g/mol. The minimum Gasteiger partial charge on any atom is -0.495 e.